The third-order valence-electron chi connectivity index (χ3n) is 5.26. The minimum Gasteiger partial charge on any atom is -0.333 e. The average Bonchev–Trinajstić information content (AvgIpc) is 2.74. The molecule has 0 radical (unpaired) electrons. The maximum Gasteiger partial charge on any atom is 0.258 e. The van der Waals surface area contributed by atoms with Gasteiger partial charge in [-0.1, -0.05) is 24.3 Å². The van der Waals surface area contributed by atoms with Crippen LogP contribution in [0.4, 0.5) is 4.39 Å². The fourth-order valence-electron chi connectivity index (χ4n) is 3.82. The predicted octanol–water partition coefficient (Wildman–Crippen LogP) is 2.56. The summed E-state index contributed by atoms with van der Waals surface area (Å²) >= 11 is 0. The van der Waals surface area contributed by atoms with Crippen molar-refractivity contribution >= 4 is 16.8 Å². The van der Waals surface area contributed by atoms with E-state index in [0.29, 0.717) is 49.1 Å². The second-order valence-electron chi connectivity index (χ2n) is 7.25. The lowest BCUT2D eigenvalue weighted by molar-refractivity contribution is -0.134. The smallest absolute Gasteiger partial charge is 0.258 e. The van der Waals surface area contributed by atoms with Crippen molar-refractivity contribution in [2.45, 2.75) is 25.3 Å². The number of hydrogen-bond donors (Lipinski definition) is 2. The summed E-state index contributed by atoms with van der Waals surface area (Å²) in [6.07, 6.45) is 1.45. The number of nitrogens with zero attached hydrogens (tertiary/aromatic N) is 2. The highest BCUT2D eigenvalue weighted by Gasteiger charge is 2.27. The van der Waals surface area contributed by atoms with Gasteiger partial charge in [0.15, 0.2) is 0 Å². The number of fused-ring (bicyclic) bond motifs is 1. The molecule has 1 aliphatic rings. The molecule has 150 valence electrons. The fraction of sp³-hybridized carbons (Fsp3) is 0.318. The second-order valence-corrected chi connectivity index (χ2v) is 7.25. The lowest BCUT2D eigenvalue weighted by atomic mass is 10.0. The number of halogens is 1. The Hall–Kier alpha value is -3.06. The van der Waals surface area contributed by atoms with E-state index in [9.17, 15) is 14.0 Å². The van der Waals surface area contributed by atoms with Gasteiger partial charge in [0.05, 0.1) is 16.9 Å². The molecule has 0 bridgehead atoms. The number of carbonyl (C=O) groups excluding carboxylic acids is 1. The summed E-state index contributed by atoms with van der Waals surface area (Å²) in [4.78, 5) is 34.1. The fourth-order valence-corrected chi connectivity index (χ4v) is 3.82. The SMILES string of the molecule is O=C(CCCc1nc2ccccc2c(=O)[nH]1)N1CCNCC1c1cccc(F)c1. The Kier molecular flexibility index (Phi) is 5.67. The van der Waals surface area contributed by atoms with Crippen molar-refractivity contribution < 1.29 is 9.18 Å². The van der Waals surface area contributed by atoms with Crippen LogP contribution in [0.5, 0.6) is 0 Å². The predicted molar refractivity (Wildman–Crippen MR) is 109 cm³/mol. The van der Waals surface area contributed by atoms with Crippen LogP contribution in [0.2, 0.25) is 0 Å². The van der Waals surface area contributed by atoms with Crippen molar-refractivity contribution in [3.63, 3.8) is 0 Å². The Morgan fingerprint density at radius 2 is 2.07 bits per heavy atom. The molecule has 1 amide bonds. The third-order valence-corrected chi connectivity index (χ3v) is 5.26. The molecule has 1 aromatic heterocycles. The van der Waals surface area contributed by atoms with Gasteiger partial charge in [0.25, 0.3) is 5.56 Å². The molecule has 0 saturated carbocycles. The second kappa shape index (κ2) is 8.53. The number of aromatic amines is 1. The molecule has 29 heavy (non-hydrogen) atoms. The number of rotatable bonds is 5. The number of carbonyl (C=O) groups is 1. The first-order valence-corrected chi connectivity index (χ1v) is 9.85. The van der Waals surface area contributed by atoms with Crippen LogP contribution in [-0.4, -0.2) is 40.4 Å². The van der Waals surface area contributed by atoms with Gasteiger partial charge < -0.3 is 15.2 Å². The number of aryl methyl sites for hydroxylation is 1. The van der Waals surface area contributed by atoms with E-state index in [1.54, 1.807) is 18.2 Å². The largest absolute Gasteiger partial charge is 0.333 e. The van der Waals surface area contributed by atoms with Gasteiger partial charge in [0, 0.05) is 32.5 Å². The number of para-hydroxylation sites is 1. The van der Waals surface area contributed by atoms with E-state index in [2.05, 4.69) is 15.3 Å². The topological polar surface area (TPSA) is 78.1 Å². The molecule has 1 saturated heterocycles. The highest BCUT2D eigenvalue weighted by atomic mass is 19.1. The van der Waals surface area contributed by atoms with Crippen molar-refractivity contribution in [1.29, 1.82) is 0 Å². The van der Waals surface area contributed by atoms with Crippen LogP contribution in [0.1, 0.15) is 30.3 Å². The number of benzene rings is 2. The minimum atomic E-state index is -0.299. The maximum absolute atomic E-state index is 13.6. The molecule has 2 aromatic carbocycles. The number of H-pyrrole nitrogens is 1. The summed E-state index contributed by atoms with van der Waals surface area (Å²) in [6, 6.07) is 13.4. The van der Waals surface area contributed by atoms with Crippen LogP contribution in [0.25, 0.3) is 10.9 Å². The third kappa shape index (κ3) is 4.35. The quantitative estimate of drug-likeness (QED) is 0.697. The van der Waals surface area contributed by atoms with E-state index in [1.165, 1.54) is 12.1 Å². The summed E-state index contributed by atoms with van der Waals surface area (Å²) in [5, 5.41) is 3.84. The standard InChI is InChI=1S/C22H23FN4O2/c23-16-6-3-5-15(13-16)19-14-24-11-12-27(19)21(28)10-4-9-20-25-18-8-2-1-7-17(18)22(29)26-20/h1-3,5-8,13,19,24H,4,9-12,14H2,(H,25,26,29). The number of piperazine rings is 1. The van der Waals surface area contributed by atoms with Crippen molar-refractivity contribution in [1.82, 2.24) is 20.2 Å². The first-order valence-electron chi connectivity index (χ1n) is 9.85. The van der Waals surface area contributed by atoms with Crippen LogP contribution in [0, 0.1) is 5.82 Å². The minimum absolute atomic E-state index is 0.0314. The summed E-state index contributed by atoms with van der Waals surface area (Å²) in [7, 11) is 0. The first kappa shape index (κ1) is 19.3. The number of hydrogen-bond acceptors (Lipinski definition) is 4. The van der Waals surface area contributed by atoms with E-state index < -0.39 is 0 Å². The zero-order valence-electron chi connectivity index (χ0n) is 16.0. The van der Waals surface area contributed by atoms with Gasteiger partial charge in [0.2, 0.25) is 5.91 Å². The molecule has 6 nitrogen and oxygen atoms in total. The molecular weight excluding hydrogens is 371 g/mol. The van der Waals surface area contributed by atoms with Crippen molar-refractivity contribution in [2.24, 2.45) is 0 Å². The Morgan fingerprint density at radius 3 is 2.93 bits per heavy atom. The van der Waals surface area contributed by atoms with Gasteiger partial charge in [-0.25, -0.2) is 9.37 Å². The lowest BCUT2D eigenvalue weighted by Gasteiger charge is -2.36. The van der Waals surface area contributed by atoms with Crippen LogP contribution in [0.3, 0.4) is 0 Å². The van der Waals surface area contributed by atoms with E-state index in [0.717, 1.165) is 12.1 Å². The summed E-state index contributed by atoms with van der Waals surface area (Å²) in [5.41, 5.74) is 1.29. The van der Waals surface area contributed by atoms with Crippen LogP contribution in [0.15, 0.2) is 53.3 Å². The van der Waals surface area contributed by atoms with Gasteiger partial charge in [0.1, 0.15) is 11.6 Å². The molecule has 1 fully saturated rings. The van der Waals surface area contributed by atoms with Crippen LogP contribution < -0.4 is 10.9 Å². The van der Waals surface area contributed by atoms with Gasteiger partial charge in [-0.2, -0.15) is 0 Å². The lowest BCUT2D eigenvalue weighted by Crippen LogP contribution is -2.48. The zero-order chi connectivity index (χ0) is 20.2. The average molecular weight is 394 g/mol. The molecule has 7 heteroatoms. The van der Waals surface area contributed by atoms with Gasteiger partial charge in [-0.05, 0) is 36.2 Å². The Morgan fingerprint density at radius 1 is 1.21 bits per heavy atom. The van der Waals surface area contributed by atoms with Crippen molar-refractivity contribution in [2.75, 3.05) is 19.6 Å². The first-order chi connectivity index (χ1) is 14.1. The van der Waals surface area contributed by atoms with Gasteiger partial charge in [-0.3, -0.25) is 9.59 Å². The van der Waals surface area contributed by atoms with E-state index in [1.807, 2.05) is 23.1 Å². The van der Waals surface area contributed by atoms with E-state index in [4.69, 9.17) is 0 Å². The Labute approximate surface area is 167 Å². The highest BCUT2D eigenvalue weighted by molar-refractivity contribution is 5.77. The molecule has 1 aliphatic heterocycles. The summed E-state index contributed by atoms with van der Waals surface area (Å²) < 4.78 is 13.6. The molecule has 1 atom stereocenters. The van der Waals surface area contributed by atoms with E-state index >= 15 is 0 Å². The summed E-state index contributed by atoms with van der Waals surface area (Å²) in [6.45, 7) is 1.91. The molecule has 2 N–H and O–H groups in total. The molecule has 0 spiro atoms. The van der Waals surface area contributed by atoms with E-state index in [-0.39, 0.29) is 23.3 Å². The van der Waals surface area contributed by atoms with Crippen molar-refractivity contribution in [3.05, 3.63) is 76.1 Å². The number of nitrogens with one attached hydrogen (secondary N) is 2. The molecule has 2 heterocycles. The van der Waals surface area contributed by atoms with Gasteiger partial charge >= 0.3 is 0 Å². The maximum atomic E-state index is 13.6. The molecule has 0 aliphatic carbocycles. The molecule has 1 unspecified atom stereocenters. The van der Waals surface area contributed by atoms with Gasteiger partial charge in [-0.15, -0.1) is 0 Å². The highest BCUT2D eigenvalue weighted by Crippen LogP contribution is 2.24. The normalized spacial score (nSPS) is 16.9. The molecule has 3 aromatic rings. The monoisotopic (exact) mass is 394 g/mol. The molecule has 4 rings (SSSR count). The van der Waals surface area contributed by atoms with Crippen LogP contribution in [-0.2, 0) is 11.2 Å². The number of aromatic nitrogens is 2. The zero-order valence-corrected chi connectivity index (χ0v) is 16.0. The molecular formula is C22H23FN4O2. The summed E-state index contributed by atoms with van der Waals surface area (Å²) in [5.74, 6) is 0.319. The Bertz CT molecular complexity index is 1080. The van der Waals surface area contributed by atoms with Crippen molar-refractivity contribution in [3.8, 4) is 0 Å². The Balaban J connectivity index is 1.41. The van der Waals surface area contributed by atoms with Crippen LogP contribution >= 0.6 is 0 Å². The number of amides is 1.